The summed E-state index contributed by atoms with van der Waals surface area (Å²) in [7, 11) is 0. The minimum absolute atomic E-state index is 0. The largest absolute Gasteiger partial charge is 0.300 e. The van der Waals surface area contributed by atoms with Gasteiger partial charge in [0.15, 0.2) is 0 Å². The number of nitrogens with one attached hydrogen (secondary N) is 1. The van der Waals surface area contributed by atoms with Crippen molar-refractivity contribution in [3.05, 3.63) is 59.2 Å². The summed E-state index contributed by atoms with van der Waals surface area (Å²) in [4.78, 5) is 0. The number of fused-ring (bicyclic) bond motifs is 3. The van der Waals surface area contributed by atoms with Gasteiger partial charge in [-0.1, -0.05) is 36.4 Å². The molecule has 74 valence electrons. The maximum atomic E-state index is 7.80. The molecule has 0 amide bonds. The summed E-state index contributed by atoms with van der Waals surface area (Å²) in [5.41, 5.74) is 5.32. The Morgan fingerprint density at radius 1 is 1.00 bits per heavy atom. The Morgan fingerprint density at radius 2 is 1.80 bits per heavy atom. The van der Waals surface area contributed by atoms with Crippen LogP contribution in [0.5, 0.6) is 0 Å². The fourth-order valence-corrected chi connectivity index (χ4v) is 1.98. The van der Waals surface area contributed by atoms with Crippen LogP contribution in [0, 0.1) is 5.41 Å². The van der Waals surface area contributed by atoms with Crippen LogP contribution in [-0.2, 0) is 0 Å². The van der Waals surface area contributed by atoms with E-state index in [-0.39, 0.29) is 12.4 Å². The van der Waals surface area contributed by atoms with Crippen LogP contribution in [0.15, 0.2) is 48.1 Å². The SMILES string of the molecule is Cl.N=C1C=CC=C2C1=Cc1ccccc12. The third kappa shape index (κ3) is 1.36. The molecule has 1 aromatic carbocycles. The highest BCUT2D eigenvalue weighted by molar-refractivity contribution is 6.24. The zero-order valence-electron chi connectivity index (χ0n) is 8.03. The molecule has 0 bridgehead atoms. The van der Waals surface area contributed by atoms with Gasteiger partial charge in [0.05, 0.1) is 5.71 Å². The number of benzene rings is 1. The Bertz CT molecular complexity index is 521. The molecule has 0 fully saturated rings. The molecule has 0 saturated heterocycles. The maximum absolute atomic E-state index is 7.80. The van der Waals surface area contributed by atoms with Crippen LogP contribution in [0.3, 0.4) is 0 Å². The number of hydrogen-bond acceptors (Lipinski definition) is 1. The van der Waals surface area contributed by atoms with Gasteiger partial charge in [0.25, 0.3) is 0 Å². The van der Waals surface area contributed by atoms with Crippen LogP contribution in [-0.4, -0.2) is 5.71 Å². The van der Waals surface area contributed by atoms with E-state index in [0.717, 1.165) is 5.57 Å². The molecule has 2 heteroatoms. The Kier molecular flexibility index (Phi) is 2.33. The highest BCUT2D eigenvalue weighted by Gasteiger charge is 2.21. The van der Waals surface area contributed by atoms with Gasteiger partial charge in [-0.05, 0) is 28.9 Å². The standard InChI is InChI=1S/C13H9N.ClH/c14-13-7-3-6-11-10-5-2-1-4-9(10)8-12(11)13;/h1-8,14H;1H. The first-order chi connectivity index (χ1) is 6.86. The minimum atomic E-state index is 0. The van der Waals surface area contributed by atoms with Crippen LogP contribution in [0.4, 0.5) is 0 Å². The molecule has 15 heavy (non-hydrogen) atoms. The Labute approximate surface area is 94.7 Å². The van der Waals surface area contributed by atoms with Crippen molar-refractivity contribution in [1.29, 1.82) is 5.41 Å². The van der Waals surface area contributed by atoms with Gasteiger partial charge in [-0.15, -0.1) is 12.4 Å². The Hall–Kier alpha value is -1.60. The average molecular weight is 216 g/mol. The van der Waals surface area contributed by atoms with E-state index < -0.39 is 0 Å². The molecule has 0 atom stereocenters. The molecule has 0 aliphatic heterocycles. The van der Waals surface area contributed by atoms with E-state index >= 15 is 0 Å². The van der Waals surface area contributed by atoms with Crippen LogP contribution in [0.1, 0.15) is 11.1 Å². The molecular formula is C13H10ClN. The summed E-state index contributed by atoms with van der Waals surface area (Å²) < 4.78 is 0. The van der Waals surface area contributed by atoms with Crippen molar-refractivity contribution >= 4 is 29.8 Å². The molecule has 1 nitrogen and oxygen atoms in total. The second-order valence-electron chi connectivity index (χ2n) is 3.50. The first-order valence-electron chi connectivity index (χ1n) is 4.65. The van der Waals surface area contributed by atoms with Gasteiger partial charge in [0, 0.05) is 5.57 Å². The van der Waals surface area contributed by atoms with E-state index in [1.807, 2.05) is 24.3 Å². The van der Waals surface area contributed by atoms with Crippen molar-refractivity contribution in [2.24, 2.45) is 0 Å². The van der Waals surface area contributed by atoms with Crippen molar-refractivity contribution < 1.29 is 0 Å². The monoisotopic (exact) mass is 215 g/mol. The van der Waals surface area contributed by atoms with E-state index in [1.165, 1.54) is 16.7 Å². The third-order valence-electron chi connectivity index (χ3n) is 2.66. The average Bonchev–Trinajstić information content (AvgIpc) is 2.59. The maximum Gasteiger partial charge on any atom is 0.0618 e. The Morgan fingerprint density at radius 3 is 2.67 bits per heavy atom. The lowest BCUT2D eigenvalue weighted by atomic mass is 9.96. The van der Waals surface area contributed by atoms with Crippen molar-refractivity contribution in [3.8, 4) is 0 Å². The molecular weight excluding hydrogens is 206 g/mol. The molecule has 0 spiro atoms. The van der Waals surface area contributed by atoms with Crippen LogP contribution in [0.2, 0.25) is 0 Å². The summed E-state index contributed by atoms with van der Waals surface area (Å²) in [5, 5.41) is 7.80. The van der Waals surface area contributed by atoms with Gasteiger partial charge >= 0.3 is 0 Å². The predicted octanol–water partition coefficient (Wildman–Crippen LogP) is 3.48. The van der Waals surface area contributed by atoms with Gasteiger partial charge in [-0.2, -0.15) is 0 Å². The van der Waals surface area contributed by atoms with Crippen molar-refractivity contribution in [1.82, 2.24) is 0 Å². The highest BCUT2D eigenvalue weighted by Crippen LogP contribution is 2.37. The van der Waals surface area contributed by atoms with Gasteiger partial charge in [-0.25, -0.2) is 0 Å². The van der Waals surface area contributed by atoms with E-state index in [9.17, 15) is 0 Å². The molecule has 1 N–H and O–H groups in total. The molecule has 0 heterocycles. The van der Waals surface area contributed by atoms with E-state index in [2.05, 4.69) is 24.3 Å². The van der Waals surface area contributed by atoms with Crippen LogP contribution >= 0.6 is 12.4 Å². The second kappa shape index (κ2) is 3.52. The smallest absolute Gasteiger partial charge is 0.0618 e. The summed E-state index contributed by atoms with van der Waals surface area (Å²) in [6.07, 6.45) is 7.95. The summed E-state index contributed by atoms with van der Waals surface area (Å²) in [6.45, 7) is 0. The normalized spacial score (nSPS) is 16.1. The zero-order valence-corrected chi connectivity index (χ0v) is 8.84. The minimum Gasteiger partial charge on any atom is -0.300 e. The van der Waals surface area contributed by atoms with Crippen molar-refractivity contribution in [2.75, 3.05) is 0 Å². The van der Waals surface area contributed by atoms with Crippen molar-refractivity contribution in [2.45, 2.75) is 0 Å². The second-order valence-corrected chi connectivity index (χ2v) is 3.50. The molecule has 0 saturated carbocycles. The number of hydrogen-bond donors (Lipinski definition) is 1. The van der Waals surface area contributed by atoms with E-state index in [0.29, 0.717) is 5.71 Å². The molecule has 3 rings (SSSR count). The quantitative estimate of drug-likeness (QED) is 0.685. The summed E-state index contributed by atoms with van der Waals surface area (Å²) in [5.74, 6) is 0. The van der Waals surface area contributed by atoms with Crippen molar-refractivity contribution in [3.63, 3.8) is 0 Å². The van der Waals surface area contributed by atoms with Gasteiger partial charge < -0.3 is 5.41 Å². The fourth-order valence-electron chi connectivity index (χ4n) is 1.98. The lowest BCUT2D eigenvalue weighted by Gasteiger charge is -2.08. The number of allylic oxidation sites excluding steroid dienone is 5. The number of rotatable bonds is 0. The predicted molar refractivity (Wildman–Crippen MR) is 66.5 cm³/mol. The Balaban J connectivity index is 0.000000853. The summed E-state index contributed by atoms with van der Waals surface area (Å²) >= 11 is 0. The van der Waals surface area contributed by atoms with Gasteiger partial charge in [0.1, 0.15) is 0 Å². The van der Waals surface area contributed by atoms with Gasteiger partial charge in [-0.3, -0.25) is 0 Å². The third-order valence-corrected chi connectivity index (χ3v) is 2.66. The molecule has 2 aliphatic carbocycles. The molecule has 1 aromatic rings. The zero-order chi connectivity index (χ0) is 9.54. The van der Waals surface area contributed by atoms with Crippen LogP contribution in [0.25, 0.3) is 11.6 Å². The molecule has 0 radical (unpaired) electrons. The lowest BCUT2D eigenvalue weighted by molar-refractivity contribution is 1.51. The molecule has 0 unspecified atom stereocenters. The van der Waals surface area contributed by atoms with E-state index in [4.69, 9.17) is 5.41 Å². The fraction of sp³-hybridized carbons (Fsp3) is 0. The molecule has 0 aromatic heterocycles. The lowest BCUT2D eigenvalue weighted by Crippen LogP contribution is -1.99. The van der Waals surface area contributed by atoms with Crippen LogP contribution < -0.4 is 0 Å². The van der Waals surface area contributed by atoms with Gasteiger partial charge in [0.2, 0.25) is 0 Å². The first-order valence-corrected chi connectivity index (χ1v) is 4.65. The van der Waals surface area contributed by atoms with E-state index in [1.54, 1.807) is 0 Å². The summed E-state index contributed by atoms with van der Waals surface area (Å²) in [6, 6.07) is 8.27. The molecule has 2 aliphatic rings. The first kappa shape index (κ1) is 9.94. The highest BCUT2D eigenvalue weighted by atomic mass is 35.5. The number of halogens is 1. The topological polar surface area (TPSA) is 23.9 Å².